The van der Waals surface area contributed by atoms with Gasteiger partial charge < -0.3 is 30.3 Å². The lowest BCUT2D eigenvalue weighted by Crippen LogP contribution is -2.53. The van der Waals surface area contributed by atoms with Gasteiger partial charge in [-0.1, -0.05) is 12.1 Å². The Morgan fingerprint density at radius 2 is 1.83 bits per heavy atom. The molecule has 1 aromatic rings. The molecule has 1 aromatic carbocycles. The Kier molecular flexibility index (Phi) is 7.50. The molecule has 0 aromatic heterocycles. The molecule has 0 fully saturated rings. The van der Waals surface area contributed by atoms with Gasteiger partial charge in [0.25, 0.3) is 0 Å². The highest BCUT2D eigenvalue weighted by Gasteiger charge is 2.26. The van der Waals surface area contributed by atoms with Crippen LogP contribution in [-0.4, -0.2) is 54.0 Å². The number of hydrogen-bond acceptors (Lipinski definition) is 6. The van der Waals surface area contributed by atoms with Crippen LogP contribution in [0.25, 0.3) is 0 Å². The summed E-state index contributed by atoms with van der Waals surface area (Å²) >= 11 is 0. The molecule has 2 atom stereocenters. The van der Waals surface area contributed by atoms with E-state index in [0.29, 0.717) is 11.3 Å². The number of carboxylic acid groups (broad SMARTS) is 1. The molecule has 132 valence electrons. The molecule has 9 nitrogen and oxygen atoms in total. The molecule has 1 rings (SSSR count). The number of benzene rings is 1. The van der Waals surface area contributed by atoms with Gasteiger partial charge in [-0.3, -0.25) is 9.59 Å². The lowest BCUT2D eigenvalue weighted by Gasteiger charge is -2.20. The van der Waals surface area contributed by atoms with Crippen LogP contribution in [0.1, 0.15) is 12.5 Å². The van der Waals surface area contributed by atoms with Crippen LogP contribution in [-0.2, 0) is 20.9 Å². The molecule has 0 radical (unpaired) electrons. The van der Waals surface area contributed by atoms with Gasteiger partial charge in [-0.25, -0.2) is 4.79 Å². The Hall–Kier alpha value is -2.81. The number of methoxy groups -OCH3 is 1. The third-order valence-electron chi connectivity index (χ3n) is 2.98. The predicted molar refractivity (Wildman–Crippen MR) is 82.4 cm³/mol. The molecule has 0 heterocycles. The van der Waals surface area contributed by atoms with Crippen LogP contribution in [0.2, 0.25) is 0 Å². The first-order valence-corrected chi connectivity index (χ1v) is 7.07. The Morgan fingerprint density at radius 3 is 2.33 bits per heavy atom. The van der Waals surface area contributed by atoms with E-state index in [1.165, 1.54) is 14.0 Å². The van der Waals surface area contributed by atoms with Crippen LogP contribution in [0.15, 0.2) is 24.3 Å². The van der Waals surface area contributed by atoms with Crippen molar-refractivity contribution in [2.24, 2.45) is 0 Å². The second-order valence-corrected chi connectivity index (χ2v) is 4.90. The molecule has 9 heteroatoms. The second-order valence-electron chi connectivity index (χ2n) is 4.90. The molecule has 0 bridgehead atoms. The zero-order chi connectivity index (χ0) is 18.1. The molecule has 0 spiro atoms. The minimum atomic E-state index is -1.33. The second kappa shape index (κ2) is 9.36. The van der Waals surface area contributed by atoms with Crippen molar-refractivity contribution in [1.29, 1.82) is 0 Å². The highest BCUT2D eigenvalue weighted by molar-refractivity contribution is 5.88. The molecular formula is C15H20N2O7. The summed E-state index contributed by atoms with van der Waals surface area (Å²) in [6.07, 6.45) is -2.14. The summed E-state index contributed by atoms with van der Waals surface area (Å²) in [5, 5.41) is 22.3. The van der Waals surface area contributed by atoms with Crippen molar-refractivity contribution in [3.8, 4) is 5.75 Å². The number of alkyl carbamates (subject to hydrolysis) is 1. The van der Waals surface area contributed by atoms with E-state index in [0.717, 1.165) is 0 Å². The van der Waals surface area contributed by atoms with E-state index < -0.39 is 36.7 Å². The first-order chi connectivity index (χ1) is 11.3. The quantitative estimate of drug-likeness (QED) is 0.518. The van der Waals surface area contributed by atoms with Crippen LogP contribution in [0.4, 0.5) is 4.79 Å². The molecule has 0 aliphatic carbocycles. The Balaban J connectivity index is 2.52. The fraction of sp³-hybridized carbons (Fsp3) is 0.400. The smallest absolute Gasteiger partial charge is 0.408 e. The van der Waals surface area contributed by atoms with Crippen molar-refractivity contribution in [3.63, 3.8) is 0 Å². The van der Waals surface area contributed by atoms with Crippen LogP contribution in [0.5, 0.6) is 5.75 Å². The number of aliphatic hydroxyl groups excluding tert-OH is 1. The standard InChI is InChI=1S/C15H20N2O7/c1-9(18)13(14(21)16-7-12(19)20)17-15(22)24-8-10-3-5-11(23-2)6-4-10/h3-6,9,13,18H,7-8H2,1-2H3,(H,16,21)(H,17,22)(H,19,20)/t9-,13+/m1/s1. The number of rotatable bonds is 8. The van der Waals surface area contributed by atoms with E-state index in [1.807, 2.05) is 0 Å². The normalized spacial score (nSPS) is 12.6. The van der Waals surface area contributed by atoms with Gasteiger partial charge in [0.1, 0.15) is 24.9 Å². The molecule has 0 saturated carbocycles. The fourth-order valence-corrected chi connectivity index (χ4v) is 1.72. The topological polar surface area (TPSA) is 134 Å². The van der Waals surface area contributed by atoms with Gasteiger partial charge in [0.15, 0.2) is 0 Å². The van der Waals surface area contributed by atoms with E-state index in [-0.39, 0.29) is 6.61 Å². The number of carboxylic acids is 1. The fourth-order valence-electron chi connectivity index (χ4n) is 1.72. The Morgan fingerprint density at radius 1 is 1.21 bits per heavy atom. The lowest BCUT2D eigenvalue weighted by atomic mass is 10.1. The highest BCUT2D eigenvalue weighted by Crippen LogP contribution is 2.12. The number of nitrogens with one attached hydrogen (secondary N) is 2. The maximum absolute atomic E-state index is 11.8. The van der Waals surface area contributed by atoms with Crippen LogP contribution < -0.4 is 15.4 Å². The zero-order valence-corrected chi connectivity index (χ0v) is 13.3. The molecular weight excluding hydrogens is 320 g/mol. The summed E-state index contributed by atoms with van der Waals surface area (Å²) in [6, 6.07) is 5.49. The van der Waals surface area contributed by atoms with E-state index in [4.69, 9.17) is 14.6 Å². The van der Waals surface area contributed by atoms with Crippen molar-refractivity contribution in [3.05, 3.63) is 29.8 Å². The molecule has 0 saturated heterocycles. The summed E-state index contributed by atoms with van der Waals surface area (Å²) in [5.74, 6) is -1.41. The molecule has 4 N–H and O–H groups in total. The summed E-state index contributed by atoms with van der Waals surface area (Å²) in [5.41, 5.74) is 0.704. The average molecular weight is 340 g/mol. The van der Waals surface area contributed by atoms with Crippen LogP contribution in [0, 0.1) is 0 Å². The van der Waals surface area contributed by atoms with Crippen LogP contribution >= 0.6 is 0 Å². The molecule has 0 aliphatic heterocycles. The van der Waals surface area contributed by atoms with Gasteiger partial charge in [-0.15, -0.1) is 0 Å². The van der Waals surface area contributed by atoms with Crippen LogP contribution in [0.3, 0.4) is 0 Å². The lowest BCUT2D eigenvalue weighted by molar-refractivity contribution is -0.138. The van der Waals surface area contributed by atoms with Crippen molar-refractivity contribution in [1.82, 2.24) is 10.6 Å². The largest absolute Gasteiger partial charge is 0.497 e. The van der Waals surface area contributed by atoms with Gasteiger partial charge >= 0.3 is 12.1 Å². The number of amides is 2. The van der Waals surface area contributed by atoms with Crippen molar-refractivity contribution >= 4 is 18.0 Å². The minimum absolute atomic E-state index is 0.0426. The van der Waals surface area contributed by atoms with Gasteiger partial charge in [0, 0.05) is 0 Å². The van der Waals surface area contributed by atoms with Crippen molar-refractivity contribution in [2.45, 2.75) is 25.7 Å². The van der Waals surface area contributed by atoms with E-state index in [9.17, 15) is 19.5 Å². The molecule has 0 aliphatic rings. The van der Waals surface area contributed by atoms with Gasteiger partial charge in [-0.05, 0) is 24.6 Å². The summed E-state index contributed by atoms with van der Waals surface area (Å²) in [7, 11) is 1.53. The highest BCUT2D eigenvalue weighted by atomic mass is 16.5. The SMILES string of the molecule is COc1ccc(COC(=O)N[C@H](C(=O)NCC(=O)O)[C@@H](C)O)cc1. The summed E-state index contributed by atoms with van der Waals surface area (Å²) < 4.78 is 9.97. The first-order valence-electron chi connectivity index (χ1n) is 7.07. The number of hydrogen-bond donors (Lipinski definition) is 4. The molecule has 2 amide bonds. The Labute approximate surface area is 138 Å². The minimum Gasteiger partial charge on any atom is -0.497 e. The third kappa shape index (κ3) is 6.53. The molecule has 24 heavy (non-hydrogen) atoms. The van der Waals surface area contributed by atoms with Gasteiger partial charge in [0.05, 0.1) is 13.2 Å². The number of aliphatic hydroxyl groups is 1. The maximum atomic E-state index is 11.8. The zero-order valence-electron chi connectivity index (χ0n) is 13.3. The Bertz CT molecular complexity index is 572. The number of aliphatic carboxylic acids is 1. The predicted octanol–water partition coefficient (Wildman–Crippen LogP) is -0.128. The monoisotopic (exact) mass is 340 g/mol. The van der Waals surface area contributed by atoms with Crippen molar-refractivity contribution < 1.29 is 34.1 Å². The number of ether oxygens (including phenoxy) is 2. The average Bonchev–Trinajstić information content (AvgIpc) is 2.55. The van der Waals surface area contributed by atoms with Gasteiger partial charge in [0.2, 0.25) is 5.91 Å². The van der Waals surface area contributed by atoms with E-state index in [1.54, 1.807) is 24.3 Å². The summed E-state index contributed by atoms with van der Waals surface area (Å²) in [6.45, 7) is 0.624. The first kappa shape index (κ1) is 19.2. The molecule has 0 unspecified atom stereocenters. The number of carbonyl (C=O) groups is 3. The summed E-state index contributed by atoms with van der Waals surface area (Å²) in [4.78, 5) is 33.9. The van der Waals surface area contributed by atoms with E-state index in [2.05, 4.69) is 10.6 Å². The third-order valence-corrected chi connectivity index (χ3v) is 2.98. The van der Waals surface area contributed by atoms with E-state index >= 15 is 0 Å². The number of carbonyl (C=O) groups excluding carboxylic acids is 2. The van der Waals surface area contributed by atoms with Gasteiger partial charge in [-0.2, -0.15) is 0 Å². The van der Waals surface area contributed by atoms with Crippen molar-refractivity contribution in [2.75, 3.05) is 13.7 Å². The maximum Gasteiger partial charge on any atom is 0.408 e.